The van der Waals surface area contributed by atoms with Gasteiger partial charge in [0.25, 0.3) is 0 Å². The van der Waals surface area contributed by atoms with E-state index >= 15 is 0 Å². The third-order valence-corrected chi connectivity index (χ3v) is 0. The fraction of sp³-hybridized carbons (Fsp3) is 0. The molecule has 0 rings (SSSR count). The van der Waals surface area contributed by atoms with E-state index in [1.54, 1.807) is 0 Å². The van der Waals surface area contributed by atoms with Crippen LogP contribution < -0.4 is 320 Å². The van der Waals surface area contributed by atoms with Crippen molar-refractivity contribution in [1.29, 1.82) is 0 Å². The largest absolute Gasteiger partial charge is 2.00 e. The monoisotopic (exact) mass is 1940 g/mol. The minimum atomic E-state index is 0. The molecule has 0 aliphatic carbocycles. The molecule has 0 saturated heterocycles. The van der Waals surface area contributed by atoms with Crippen LogP contribution in [-0.2, 0) is 0 Å². The van der Waals surface area contributed by atoms with Crippen molar-refractivity contribution < 1.29 is 320 Å². The standard InChI is InChI=1S/2Ba.3Be.6BrH.3Ca.6ClH.6HI.3Mg.4H/h;;;;;6*1H;;;;12*1H;;;;;;;/q;+2;;2*+2;;;;;;;3*+2;;;;;;;;;;;;;3*+2;;;;/p-18. The first kappa shape index (κ1) is 297. The van der Waals surface area contributed by atoms with E-state index in [1.807, 2.05) is 0 Å². The molecule has 0 nitrogen and oxygen atoms in total. The summed E-state index contributed by atoms with van der Waals surface area (Å²) in [7, 11) is 0. The fourth-order valence-corrected chi connectivity index (χ4v) is 0. The summed E-state index contributed by atoms with van der Waals surface area (Å²) in [4.78, 5) is 0. The van der Waals surface area contributed by atoms with E-state index in [1.165, 1.54) is 0 Å². The molecular weight excluding hydrogens is 1950 g/mol. The minimum Gasteiger partial charge on any atom is -1.00 e. The van der Waals surface area contributed by atoms with Crippen molar-refractivity contribution >= 4 is 310 Å². The Labute approximate surface area is 610 Å². The maximum absolute atomic E-state index is 0. The number of hydrogen-bond acceptors (Lipinski definition) is 0. The molecule has 0 atom stereocenters. The van der Waals surface area contributed by atoms with Crippen molar-refractivity contribution in [2.45, 2.75) is 0 Å². The zero-order chi connectivity index (χ0) is 0. The van der Waals surface area contributed by atoms with Crippen molar-refractivity contribution in [3.05, 3.63) is 0 Å². The van der Waals surface area contributed by atoms with Gasteiger partial charge in [0.15, 0.2) is 0 Å². The van der Waals surface area contributed by atoms with Gasteiger partial charge in [-0.25, -0.2) is 0 Å². The Morgan fingerprint density at radius 2 is 0.310 bits per heavy atom. The summed E-state index contributed by atoms with van der Waals surface area (Å²) >= 11 is 0. The molecule has 0 bridgehead atoms. The predicted molar refractivity (Wildman–Crippen MR) is 68.9 cm³/mol. The molecule has 0 fully saturated rings. The maximum atomic E-state index is 0. The van der Waals surface area contributed by atoms with Crippen LogP contribution in [0.15, 0.2) is 0 Å². The Balaban J connectivity index is 0. The Kier molecular flexibility index (Phi) is 2850. The molecular formula is H4Ba2Be3Br6Ca3Cl6I6Mg3. The molecule has 29 heteroatoms. The van der Waals surface area contributed by atoms with Crippen LogP contribution in [0, 0.1) is 0 Å². The van der Waals surface area contributed by atoms with Gasteiger partial charge in [-0.05, 0) is 0 Å². The van der Waals surface area contributed by atoms with Crippen LogP contribution in [0.25, 0.3) is 0 Å². The second kappa shape index (κ2) is 279. The fourth-order valence-electron chi connectivity index (χ4n) is 0. The van der Waals surface area contributed by atoms with Crippen molar-refractivity contribution in [3.8, 4) is 0 Å². The van der Waals surface area contributed by atoms with Gasteiger partial charge < -0.3 is 320 Å². The molecule has 0 aliphatic heterocycles. The Morgan fingerprint density at radius 1 is 0.310 bits per heavy atom. The molecule has 0 aromatic carbocycles. The van der Waals surface area contributed by atoms with Gasteiger partial charge >= 0.3 is 310 Å². The molecule has 0 aromatic rings. The smallest absolute Gasteiger partial charge is 1.00 e. The zero-order valence-electron chi connectivity index (χ0n) is 13.2. The quantitative estimate of drug-likeness (QED) is 0.168. The number of halogens is 18. The first-order valence-corrected chi connectivity index (χ1v) is 0. The summed E-state index contributed by atoms with van der Waals surface area (Å²) < 4.78 is 0. The molecule has 0 aromatic heterocycles. The van der Waals surface area contributed by atoms with Crippen molar-refractivity contribution in [2.75, 3.05) is 0 Å². The molecule has 0 heterocycles. The first-order chi connectivity index (χ1) is 0. The molecule has 0 radical (unpaired) electrons. The SMILES string of the molecule is [Ba+2].[BaH2].[Be+2].[Be+2].[BeH2].[Br-].[Br-].[Br-].[Br-].[Br-].[Br-].[Ca+2].[Ca+2].[Ca+2].[Cl-].[Cl-].[Cl-].[Cl-].[Cl-].[Cl-].[I-].[I-].[I-].[I-].[I-].[I-].[Mg+2].[Mg+2].[Mg+2]. The predicted octanol–water partition coefficient (Wildman–Crippen LogP) is -59.2. The van der Waals surface area contributed by atoms with E-state index in [9.17, 15) is 0 Å². The molecule has 0 saturated carbocycles. The van der Waals surface area contributed by atoms with E-state index in [0.29, 0.717) is 0 Å². The average Bonchev–Trinajstić information content (AvgIpc) is 0. The Morgan fingerprint density at radius 3 is 0.310 bits per heavy atom. The Hall–Kier alpha value is 18.7. The molecule has 0 unspecified atom stereocenters. The van der Waals surface area contributed by atoms with Crippen LogP contribution in [0.3, 0.4) is 0 Å². The number of hydrogen-bond donors (Lipinski definition) is 0. The van der Waals surface area contributed by atoms with Crippen LogP contribution in [-0.4, -0.2) is 310 Å². The van der Waals surface area contributed by atoms with E-state index < -0.39 is 0 Å². The van der Waals surface area contributed by atoms with Crippen LogP contribution in [0.1, 0.15) is 0 Å². The topological polar surface area (TPSA) is 0 Å². The first-order valence-electron chi connectivity index (χ1n) is 0. The van der Waals surface area contributed by atoms with E-state index in [2.05, 4.69) is 0 Å². The summed E-state index contributed by atoms with van der Waals surface area (Å²) in [5, 5.41) is 0. The van der Waals surface area contributed by atoms with Gasteiger partial charge in [-0.15, -0.1) is 0 Å². The second-order valence-electron chi connectivity index (χ2n) is 0. The van der Waals surface area contributed by atoms with Crippen LogP contribution >= 0.6 is 0 Å². The van der Waals surface area contributed by atoms with Gasteiger partial charge in [-0.2, -0.15) is 0 Å². The zero-order valence-corrected chi connectivity index (χ0v) is 55.5. The normalized spacial score (nSPS) is 0. The van der Waals surface area contributed by atoms with Crippen LogP contribution in [0.4, 0.5) is 0 Å². The van der Waals surface area contributed by atoms with Crippen LogP contribution in [0.5, 0.6) is 0 Å². The average molecular weight is 1950 g/mol. The molecule has 0 spiro atoms. The van der Waals surface area contributed by atoms with Gasteiger partial charge in [0.05, 0.1) is 0 Å². The van der Waals surface area contributed by atoms with Gasteiger partial charge in [-0.1, -0.05) is 0 Å². The van der Waals surface area contributed by atoms with E-state index in [0.717, 1.165) is 0 Å². The maximum Gasteiger partial charge on any atom is 2.00 e. The molecule has 0 amide bonds. The van der Waals surface area contributed by atoms with Crippen molar-refractivity contribution in [1.82, 2.24) is 0 Å². The van der Waals surface area contributed by atoms with E-state index in [4.69, 9.17) is 0 Å². The molecule has 0 aliphatic rings. The summed E-state index contributed by atoms with van der Waals surface area (Å²) in [6.45, 7) is 0. The van der Waals surface area contributed by atoms with Crippen LogP contribution in [0.2, 0.25) is 0 Å². The third kappa shape index (κ3) is 267. The molecule has 152 valence electrons. The van der Waals surface area contributed by atoms with Crippen molar-refractivity contribution in [3.63, 3.8) is 0 Å². The molecule has 29 heavy (non-hydrogen) atoms. The summed E-state index contributed by atoms with van der Waals surface area (Å²) in [6.07, 6.45) is 0. The van der Waals surface area contributed by atoms with Gasteiger partial charge in [0.2, 0.25) is 0 Å². The second-order valence-corrected chi connectivity index (χ2v) is 0. The summed E-state index contributed by atoms with van der Waals surface area (Å²) in [5.41, 5.74) is 0. The Bertz CT molecular complexity index is 78.1. The van der Waals surface area contributed by atoms with E-state index in [-0.39, 0.29) is 631 Å². The van der Waals surface area contributed by atoms with Gasteiger partial charge in [0.1, 0.15) is 0 Å². The summed E-state index contributed by atoms with van der Waals surface area (Å²) in [5.74, 6) is 0. The molecule has 0 N–H and O–H groups in total. The van der Waals surface area contributed by atoms with Crippen molar-refractivity contribution in [2.24, 2.45) is 0 Å². The minimum absolute atomic E-state index is 0. The van der Waals surface area contributed by atoms with Gasteiger partial charge in [0, 0.05) is 0 Å². The third-order valence-electron chi connectivity index (χ3n) is 0. The van der Waals surface area contributed by atoms with Gasteiger partial charge in [-0.3, -0.25) is 0 Å². The summed E-state index contributed by atoms with van der Waals surface area (Å²) in [6, 6.07) is 0. The number of rotatable bonds is 0.